The van der Waals surface area contributed by atoms with Gasteiger partial charge in [0.25, 0.3) is 0 Å². The quantitative estimate of drug-likeness (QED) is 0.762. The molecule has 0 aromatic heterocycles. The average Bonchev–Trinajstić information content (AvgIpc) is 2.19. The number of amides is 1. The molecule has 2 N–H and O–H groups in total. The molecule has 0 heterocycles. The summed E-state index contributed by atoms with van der Waals surface area (Å²) >= 11 is 0. The minimum Gasteiger partial charge on any atom is -0.444 e. The summed E-state index contributed by atoms with van der Waals surface area (Å²) in [4.78, 5) is 11.8. The highest BCUT2D eigenvalue weighted by molar-refractivity contribution is 6.31. The number of carbonyl (C=O) groups is 1. The van der Waals surface area contributed by atoms with Gasteiger partial charge in [-0.25, -0.2) is 4.79 Å². The smallest absolute Gasteiger partial charge is 0.408 e. The molecule has 0 aliphatic rings. The van der Waals surface area contributed by atoms with E-state index in [0.717, 1.165) is 0 Å². The van der Waals surface area contributed by atoms with Crippen molar-refractivity contribution in [1.29, 1.82) is 0 Å². The van der Waals surface area contributed by atoms with Gasteiger partial charge in [-0.2, -0.15) is 0 Å². The highest BCUT2D eigenvalue weighted by Gasteiger charge is 2.33. The number of carbonyl (C=O) groups excluding carboxylic acids is 1. The summed E-state index contributed by atoms with van der Waals surface area (Å²) in [5.41, 5.74) is -1.18. The molecule has 0 radical (unpaired) electrons. The number of hydrogen-bond acceptors (Lipinski definition) is 4. The second-order valence-corrected chi connectivity index (χ2v) is 10.5. The van der Waals surface area contributed by atoms with Crippen molar-refractivity contribution in [2.24, 2.45) is 0 Å². The molecule has 120 valence electrons. The van der Waals surface area contributed by atoms with E-state index in [1.54, 1.807) is 20.8 Å². The lowest BCUT2D eigenvalue weighted by Crippen LogP contribution is -2.54. The first kappa shape index (κ1) is 19.4. The van der Waals surface area contributed by atoms with Crippen LogP contribution in [0.25, 0.3) is 0 Å². The Labute approximate surface area is 125 Å². The molecule has 0 spiro atoms. The van der Waals surface area contributed by atoms with Gasteiger partial charge in [0.15, 0.2) is 9.76 Å². The summed E-state index contributed by atoms with van der Waals surface area (Å²) < 4.78 is 11.2. The first-order valence-electron chi connectivity index (χ1n) is 7.01. The van der Waals surface area contributed by atoms with Crippen LogP contribution in [0.2, 0.25) is 5.04 Å². The maximum Gasteiger partial charge on any atom is 0.408 e. The Hall–Kier alpha value is -0.593. The van der Waals surface area contributed by atoms with Gasteiger partial charge in [0.2, 0.25) is 0 Å². The van der Waals surface area contributed by atoms with Gasteiger partial charge >= 0.3 is 6.09 Å². The van der Waals surface area contributed by atoms with E-state index in [0.29, 0.717) is 0 Å². The van der Waals surface area contributed by atoms with Crippen LogP contribution in [0.5, 0.6) is 0 Å². The number of nitrogens with one attached hydrogen (secondary N) is 1. The summed E-state index contributed by atoms with van der Waals surface area (Å²) in [5, 5.41) is 12.3. The summed E-state index contributed by atoms with van der Waals surface area (Å²) in [6.07, 6.45) is -0.536. The average molecular weight is 305 g/mol. The van der Waals surface area contributed by atoms with Gasteiger partial charge in [0.1, 0.15) is 5.60 Å². The zero-order valence-corrected chi connectivity index (χ0v) is 15.6. The molecule has 0 saturated heterocycles. The van der Waals surface area contributed by atoms with Crippen LogP contribution in [0.4, 0.5) is 4.79 Å². The molecule has 0 bridgehead atoms. The topological polar surface area (TPSA) is 67.8 Å². The molecular weight excluding hydrogens is 274 g/mol. The molecule has 0 saturated carbocycles. The standard InChI is InChI=1S/C14H31NO4Si/c1-12(2,3)18-11(17)15-10(9-16)14(7,8)19-20-13(4,5)6/h10,16H,9,20H2,1-8H3,(H,15,17)/t10-/m0/s1. The number of aliphatic hydroxyl groups is 1. The lowest BCUT2D eigenvalue weighted by atomic mass is 10.0. The molecule has 6 heteroatoms. The van der Waals surface area contributed by atoms with Crippen molar-refractivity contribution in [3.63, 3.8) is 0 Å². The highest BCUT2D eigenvalue weighted by Crippen LogP contribution is 2.25. The van der Waals surface area contributed by atoms with Crippen molar-refractivity contribution < 1.29 is 19.1 Å². The second-order valence-electron chi connectivity index (χ2n) is 7.83. The Kier molecular flexibility index (Phi) is 6.71. The van der Waals surface area contributed by atoms with Crippen LogP contribution in [0.1, 0.15) is 55.4 Å². The minimum absolute atomic E-state index is 0.156. The van der Waals surface area contributed by atoms with E-state index in [2.05, 4.69) is 26.1 Å². The Balaban J connectivity index is 4.61. The van der Waals surface area contributed by atoms with Gasteiger partial charge in [0.05, 0.1) is 18.2 Å². The zero-order chi connectivity index (χ0) is 16.2. The Bertz CT molecular complexity index is 318. The summed E-state index contributed by atoms with van der Waals surface area (Å²) in [6.45, 7) is 15.4. The molecule has 0 aromatic carbocycles. The largest absolute Gasteiger partial charge is 0.444 e. The van der Waals surface area contributed by atoms with Crippen LogP contribution in [0, 0.1) is 0 Å². The van der Waals surface area contributed by atoms with Gasteiger partial charge in [-0.15, -0.1) is 0 Å². The van der Waals surface area contributed by atoms with E-state index in [4.69, 9.17) is 9.16 Å². The maximum atomic E-state index is 11.8. The van der Waals surface area contributed by atoms with Crippen LogP contribution in [-0.2, 0) is 9.16 Å². The van der Waals surface area contributed by atoms with Gasteiger partial charge in [-0.3, -0.25) is 0 Å². The van der Waals surface area contributed by atoms with Gasteiger partial charge < -0.3 is 19.6 Å². The van der Waals surface area contributed by atoms with E-state index in [1.807, 2.05) is 13.8 Å². The van der Waals surface area contributed by atoms with Crippen molar-refractivity contribution in [1.82, 2.24) is 5.32 Å². The Morgan fingerprint density at radius 2 is 1.65 bits per heavy atom. The van der Waals surface area contributed by atoms with Crippen molar-refractivity contribution in [3.8, 4) is 0 Å². The van der Waals surface area contributed by atoms with Crippen molar-refractivity contribution in [2.75, 3.05) is 6.61 Å². The minimum atomic E-state index is -0.777. The number of rotatable bonds is 5. The normalized spacial score (nSPS) is 15.4. The molecule has 0 aliphatic heterocycles. The van der Waals surface area contributed by atoms with E-state index in [-0.39, 0.29) is 11.6 Å². The zero-order valence-electron chi connectivity index (χ0n) is 14.2. The molecule has 20 heavy (non-hydrogen) atoms. The van der Waals surface area contributed by atoms with Crippen LogP contribution >= 0.6 is 0 Å². The van der Waals surface area contributed by atoms with Crippen LogP contribution < -0.4 is 5.32 Å². The molecule has 1 amide bonds. The SMILES string of the molecule is CC(C)(C)OC(=O)N[C@@H](CO)C(C)(C)O[SiH2]C(C)(C)C. The third kappa shape index (κ3) is 8.55. The molecule has 0 aromatic rings. The predicted octanol–water partition coefficient (Wildman–Crippen LogP) is 1.97. The first-order valence-corrected chi connectivity index (χ1v) is 8.30. The molecule has 0 rings (SSSR count). The lowest BCUT2D eigenvalue weighted by Gasteiger charge is -2.36. The summed E-state index contributed by atoms with van der Waals surface area (Å²) in [7, 11) is -0.777. The Morgan fingerprint density at radius 3 is 2.00 bits per heavy atom. The third-order valence-corrected chi connectivity index (χ3v) is 4.34. The fourth-order valence-corrected chi connectivity index (χ4v) is 2.40. The second kappa shape index (κ2) is 6.91. The van der Waals surface area contributed by atoms with E-state index in [1.165, 1.54) is 0 Å². The monoisotopic (exact) mass is 305 g/mol. The highest BCUT2D eigenvalue weighted by atomic mass is 28.2. The number of aliphatic hydroxyl groups excluding tert-OH is 1. The maximum absolute atomic E-state index is 11.8. The first-order chi connectivity index (χ1) is 8.77. The summed E-state index contributed by atoms with van der Waals surface area (Å²) in [6, 6.07) is -0.493. The number of ether oxygens (including phenoxy) is 1. The van der Waals surface area contributed by atoms with Crippen LogP contribution in [-0.4, -0.2) is 44.8 Å². The van der Waals surface area contributed by atoms with E-state index < -0.39 is 33.1 Å². The van der Waals surface area contributed by atoms with Gasteiger partial charge in [-0.05, 0) is 39.7 Å². The fraction of sp³-hybridized carbons (Fsp3) is 0.929. The number of alkyl carbamates (subject to hydrolysis) is 1. The molecule has 0 fully saturated rings. The summed E-state index contributed by atoms with van der Waals surface area (Å²) in [5.74, 6) is 0. The molecule has 0 aliphatic carbocycles. The van der Waals surface area contributed by atoms with E-state index >= 15 is 0 Å². The van der Waals surface area contributed by atoms with Gasteiger partial charge in [-0.1, -0.05) is 20.8 Å². The van der Waals surface area contributed by atoms with Gasteiger partial charge in [0, 0.05) is 0 Å². The van der Waals surface area contributed by atoms with Crippen molar-refractivity contribution >= 4 is 15.9 Å². The lowest BCUT2D eigenvalue weighted by molar-refractivity contribution is 0.0152. The third-order valence-electron chi connectivity index (χ3n) is 2.59. The molecule has 0 unspecified atom stereocenters. The molecular formula is C14H31NO4Si. The van der Waals surface area contributed by atoms with Crippen molar-refractivity contribution in [3.05, 3.63) is 0 Å². The van der Waals surface area contributed by atoms with Crippen molar-refractivity contribution in [2.45, 2.75) is 77.7 Å². The van der Waals surface area contributed by atoms with E-state index in [9.17, 15) is 9.90 Å². The predicted molar refractivity (Wildman–Crippen MR) is 83.7 cm³/mol. The molecule has 5 nitrogen and oxygen atoms in total. The van der Waals surface area contributed by atoms with Crippen LogP contribution in [0.15, 0.2) is 0 Å². The molecule has 1 atom stereocenters. The Morgan fingerprint density at radius 1 is 1.15 bits per heavy atom. The van der Waals surface area contributed by atoms with Crippen LogP contribution in [0.3, 0.4) is 0 Å². The number of hydrogen-bond donors (Lipinski definition) is 2. The fourth-order valence-electron chi connectivity index (χ4n) is 1.39.